The molecule has 4 rings (SSSR count). The van der Waals surface area contributed by atoms with E-state index >= 15 is 0 Å². The molecule has 4 heterocycles. The van der Waals surface area contributed by atoms with Crippen LogP contribution in [0.1, 0.15) is 18.5 Å². The number of rotatable bonds is 7. The fraction of sp³-hybridized carbons (Fsp3) is 0.800. The van der Waals surface area contributed by atoms with Crippen molar-refractivity contribution < 1.29 is 14.6 Å². The van der Waals surface area contributed by atoms with Crippen molar-refractivity contribution in [2.24, 2.45) is 11.8 Å². The molecule has 0 aromatic carbocycles. The molecule has 0 spiro atoms. The first-order chi connectivity index (χ1) is 11.2. The largest absolute Gasteiger partial charge is 0.390 e. The normalized spacial score (nSPS) is 29.7. The van der Waals surface area contributed by atoms with Crippen LogP contribution >= 0.6 is 0 Å². The van der Waals surface area contributed by atoms with Crippen molar-refractivity contribution in [1.82, 2.24) is 25.2 Å². The fourth-order valence-corrected chi connectivity index (χ4v) is 3.75. The Kier molecular flexibility index (Phi) is 5.24. The summed E-state index contributed by atoms with van der Waals surface area (Å²) < 4.78 is 6.77. The predicted molar refractivity (Wildman–Crippen MR) is 82.4 cm³/mol. The highest BCUT2D eigenvalue weighted by Crippen LogP contribution is 2.36. The highest BCUT2D eigenvalue weighted by molar-refractivity contribution is 5.79. The molecule has 4 atom stereocenters. The summed E-state index contributed by atoms with van der Waals surface area (Å²) in [7, 11) is 1.64. The molecule has 3 fully saturated rings. The minimum Gasteiger partial charge on any atom is -0.390 e. The van der Waals surface area contributed by atoms with E-state index in [-0.39, 0.29) is 18.4 Å². The number of carbonyl (C=O) groups is 1. The van der Waals surface area contributed by atoms with E-state index in [4.69, 9.17) is 9.84 Å². The second-order valence-electron chi connectivity index (χ2n) is 6.41. The van der Waals surface area contributed by atoms with E-state index < -0.39 is 0 Å². The van der Waals surface area contributed by atoms with Crippen molar-refractivity contribution in [2.45, 2.75) is 32.0 Å². The third kappa shape index (κ3) is 3.70. The average molecular weight is 323 g/mol. The quantitative estimate of drug-likeness (QED) is 0.641. The van der Waals surface area contributed by atoms with Crippen LogP contribution in [0.25, 0.3) is 0 Å². The van der Waals surface area contributed by atoms with E-state index in [9.17, 15) is 4.79 Å². The number of carbonyl (C=O) groups excluding carboxylic acids is 1. The number of hydrogen-bond donors (Lipinski definition) is 2. The molecule has 0 radical (unpaired) electrons. The van der Waals surface area contributed by atoms with E-state index in [0.717, 1.165) is 32.5 Å². The molecule has 1 amide bonds. The van der Waals surface area contributed by atoms with Gasteiger partial charge in [-0.2, -0.15) is 0 Å². The first-order valence-electron chi connectivity index (χ1n) is 8.21. The van der Waals surface area contributed by atoms with Gasteiger partial charge in [-0.05, 0) is 25.3 Å². The lowest BCUT2D eigenvalue weighted by atomic mass is 9.75. The molecule has 1 aromatic heterocycles. The maximum absolute atomic E-state index is 12.3. The standard InChI is InChI=1S/C15H25N5O3/c1-23-5-3-16-15(22)14-9-19-4-2-11(14)6-13(19)8-20-7-12(10-21)17-18-20/h7,11,13-14,21H,2-6,8-10H2,1H3,(H,16,22)/t11-,13-,14+/m1/s1. The second kappa shape index (κ2) is 7.37. The van der Waals surface area contributed by atoms with Crippen LogP contribution in [0.5, 0.6) is 0 Å². The van der Waals surface area contributed by atoms with E-state index in [0.29, 0.717) is 30.8 Å². The van der Waals surface area contributed by atoms with E-state index in [1.54, 1.807) is 18.0 Å². The maximum Gasteiger partial charge on any atom is 0.224 e. The Hall–Kier alpha value is -1.51. The lowest BCUT2D eigenvalue weighted by Gasteiger charge is -2.49. The van der Waals surface area contributed by atoms with Crippen LogP contribution in [-0.2, 0) is 22.7 Å². The zero-order chi connectivity index (χ0) is 16.2. The van der Waals surface area contributed by atoms with Crippen LogP contribution in [-0.4, -0.2) is 70.3 Å². The van der Waals surface area contributed by atoms with Gasteiger partial charge >= 0.3 is 0 Å². The summed E-state index contributed by atoms with van der Waals surface area (Å²) in [4.78, 5) is 14.7. The molecule has 2 N–H and O–H groups in total. The van der Waals surface area contributed by atoms with Crippen molar-refractivity contribution in [2.75, 3.05) is 33.4 Å². The summed E-state index contributed by atoms with van der Waals surface area (Å²) in [5.41, 5.74) is 0.594. The van der Waals surface area contributed by atoms with Gasteiger partial charge in [-0.25, -0.2) is 0 Å². The van der Waals surface area contributed by atoms with E-state index in [1.807, 2.05) is 0 Å². The Morgan fingerprint density at radius 2 is 2.43 bits per heavy atom. The van der Waals surface area contributed by atoms with Gasteiger partial charge in [0.2, 0.25) is 5.91 Å². The first-order valence-corrected chi connectivity index (χ1v) is 8.21. The van der Waals surface area contributed by atoms with Crippen molar-refractivity contribution in [1.29, 1.82) is 0 Å². The number of methoxy groups -OCH3 is 1. The maximum atomic E-state index is 12.3. The molecule has 3 saturated heterocycles. The van der Waals surface area contributed by atoms with Gasteiger partial charge in [0.25, 0.3) is 0 Å². The van der Waals surface area contributed by atoms with Gasteiger partial charge in [0.1, 0.15) is 5.69 Å². The van der Waals surface area contributed by atoms with Crippen LogP contribution in [0.4, 0.5) is 0 Å². The van der Waals surface area contributed by atoms with Gasteiger partial charge in [-0.3, -0.25) is 14.4 Å². The van der Waals surface area contributed by atoms with Crippen molar-refractivity contribution in [3.05, 3.63) is 11.9 Å². The van der Waals surface area contributed by atoms with Crippen LogP contribution in [0, 0.1) is 11.8 Å². The summed E-state index contributed by atoms with van der Waals surface area (Å²) in [6.45, 7) is 3.66. The first kappa shape index (κ1) is 16.4. The topological polar surface area (TPSA) is 92.5 Å². The average Bonchev–Trinajstić information content (AvgIpc) is 3.03. The highest BCUT2D eigenvalue weighted by Gasteiger charge is 2.43. The number of nitrogens with one attached hydrogen (secondary N) is 1. The summed E-state index contributed by atoms with van der Waals surface area (Å²) in [6.07, 6.45) is 3.88. The summed E-state index contributed by atoms with van der Waals surface area (Å²) in [5, 5.41) is 20.0. The van der Waals surface area contributed by atoms with Crippen LogP contribution < -0.4 is 5.32 Å². The smallest absolute Gasteiger partial charge is 0.224 e. The fourth-order valence-electron chi connectivity index (χ4n) is 3.75. The number of ether oxygens (including phenoxy) is 1. The zero-order valence-electron chi connectivity index (χ0n) is 13.5. The monoisotopic (exact) mass is 323 g/mol. The van der Waals surface area contributed by atoms with Crippen LogP contribution in [0.3, 0.4) is 0 Å². The Morgan fingerprint density at radius 3 is 3.09 bits per heavy atom. The van der Waals surface area contributed by atoms with Gasteiger partial charge in [-0.1, -0.05) is 5.21 Å². The van der Waals surface area contributed by atoms with Crippen LogP contribution in [0.15, 0.2) is 6.20 Å². The minimum absolute atomic E-state index is 0.0826. The zero-order valence-corrected chi connectivity index (χ0v) is 13.5. The minimum atomic E-state index is -0.0826. The second-order valence-corrected chi connectivity index (χ2v) is 6.41. The molecule has 128 valence electrons. The molecule has 8 nitrogen and oxygen atoms in total. The number of aliphatic hydroxyl groups is 1. The number of hydrogen-bond acceptors (Lipinski definition) is 6. The van der Waals surface area contributed by atoms with Crippen molar-refractivity contribution in [3.8, 4) is 0 Å². The Morgan fingerprint density at radius 1 is 1.57 bits per heavy atom. The van der Waals surface area contributed by atoms with Crippen LogP contribution in [0.2, 0.25) is 0 Å². The molecule has 3 aliphatic heterocycles. The molecule has 8 heteroatoms. The Labute approximate surface area is 135 Å². The number of aliphatic hydroxyl groups excluding tert-OH is 1. The number of fused-ring (bicyclic) bond motifs is 3. The molecule has 0 aliphatic carbocycles. The number of amides is 1. The predicted octanol–water partition coefficient (Wildman–Crippen LogP) is -0.757. The molecule has 1 aromatic rings. The lowest BCUT2D eigenvalue weighted by Crippen LogP contribution is -2.58. The summed E-state index contributed by atoms with van der Waals surface area (Å²) >= 11 is 0. The molecule has 0 saturated carbocycles. The highest BCUT2D eigenvalue weighted by atomic mass is 16.5. The number of aromatic nitrogens is 3. The van der Waals surface area contributed by atoms with Gasteiger partial charge in [0, 0.05) is 26.2 Å². The van der Waals surface area contributed by atoms with Gasteiger partial charge in [0.05, 0.1) is 31.9 Å². The molecule has 1 unspecified atom stereocenters. The third-order valence-corrected chi connectivity index (χ3v) is 4.97. The SMILES string of the molecule is COCCNC(=O)[C@H]1CN2CC[C@@H]1C[C@@H]2Cn1cc(CO)nn1. The Balaban J connectivity index is 1.55. The molecule has 23 heavy (non-hydrogen) atoms. The summed E-state index contributed by atoms with van der Waals surface area (Å²) in [5.74, 6) is 0.674. The number of piperidine rings is 3. The summed E-state index contributed by atoms with van der Waals surface area (Å²) in [6, 6.07) is 0.394. The van der Waals surface area contributed by atoms with Gasteiger partial charge in [-0.15, -0.1) is 5.10 Å². The Bertz CT molecular complexity index is 535. The van der Waals surface area contributed by atoms with E-state index in [1.165, 1.54) is 0 Å². The van der Waals surface area contributed by atoms with Gasteiger partial charge in [0.15, 0.2) is 0 Å². The van der Waals surface area contributed by atoms with E-state index in [2.05, 4.69) is 20.5 Å². The molecule has 2 bridgehead atoms. The third-order valence-electron chi connectivity index (χ3n) is 4.97. The van der Waals surface area contributed by atoms with Gasteiger partial charge < -0.3 is 15.2 Å². The number of nitrogens with zero attached hydrogens (tertiary/aromatic N) is 4. The molecular formula is C15H25N5O3. The van der Waals surface area contributed by atoms with Crippen molar-refractivity contribution >= 4 is 5.91 Å². The molecular weight excluding hydrogens is 298 g/mol. The molecule has 3 aliphatic rings. The lowest BCUT2D eigenvalue weighted by molar-refractivity contribution is -0.133. The van der Waals surface area contributed by atoms with Crippen molar-refractivity contribution in [3.63, 3.8) is 0 Å².